The number of hydrogen-bond acceptors (Lipinski definition) is 3. The van der Waals surface area contributed by atoms with Gasteiger partial charge in [0.1, 0.15) is 5.82 Å². The number of rotatable bonds is 4. The summed E-state index contributed by atoms with van der Waals surface area (Å²) in [5.74, 6) is -0.492. The Hall–Kier alpha value is -2.15. The average molecular weight is 309 g/mol. The van der Waals surface area contributed by atoms with Gasteiger partial charge in [-0.05, 0) is 38.1 Å². The number of hydrogen-bond donors (Lipinski definition) is 3. The van der Waals surface area contributed by atoms with Gasteiger partial charge >= 0.3 is 6.03 Å². The van der Waals surface area contributed by atoms with Crippen LogP contribution in [0.4, 0.5) is 14.9 Å². The molecule has 3 N–H and O–H groups in total. The first-order valence-corrected chi connectivity index (χ1v) is 7.06. The lowest BCUT2D eigenvalue weighted by atomic mass is 10.1. The van der Waals surface area contributed by atoms with Gasteiger partial charge in [0.25, 0.3) is 0 Å². The van der Waals surface area contributed by atoms with Crippen molar-refractivity contribution in [1.82, 2.24) is 10.6 Å². The van der Waals surface area contributed by atoms with Crippen LogP contribution in [0.2, 0.25) is 0 Å². The highest BCUT2D eigenvalue weighted by Gasteiger charge is 2.32. The standard InChI is InChI=1S/C15H20FN3O3/c1-15(2,9-20)18-14(22)17-11-7-13(21)19(8-11)12-5-3-10(16)4-6-12/h3-6,11,20H,7-9H2,1-2H3,(H2,17,18,22)/t11-/m1/s1. The SMILES string of the molecule is CC(C)(CO)NC(=O)N[C@@H]1CC(=O)N(c2ccc(F)cc2)C1. The van der Waals surface area contributed by atoms with E-state index in [-0.39, 0.29) is 30.8 Å². The molecule has 1 saturated heterocycles. The third-order valence-corrected chi connectivity index (χ3v) is 3.45. The van der Waals surface area contributed by atoms with Crippen LogP contribution in [0.25, 0.3) is 0 Å². The minimum atomic E-state index is -0.733. The van der Waals surface area contributed by atoms with Crippen molar-refractivity contribution in [3.05, 3.63) is 30.1 Å². The van der Waals surface area contributed by atoms with Gasteiger partial charge in [0.05, 0.1) is 18.2 Å². The number of aliphatic hydroxyl groups is 1. The summed E-state index contributed by atoms with van der Waals surface area (Å²) in [5.41, 5.74) is -0.129. The summed E-state index contributed by atoms with van der Waals surface area (Å²) in [7, 11) is 0. The first-order chi connectivity index (χ1) is 10.3. The van der Waals surface area contributed by atoms with Gasteiger partial charge in [0.15, 0.2) is 0 Å². The fraction of sp³-hybridized carbons (Fsp3) is 0.467. The molecule has 22 heavy (non-hydrogen) atoms. The number of carbonyl (C=O) groups excluding carboxylic acids is 2. The van der Waals surface area contributed by atoms with E-state index in [2.05, 4.69) is 10.6 Å². The molecule has 3 amide bonds. The molecule has 2 rings (SSSR count). The van der Waals surface area contributed by atoms with Crippen molar-refractivity contribution in [3.63, 3.8) is 0 Å². The number of nitrogens with zero attached hydrogens (tertiary/aromatic N) is 1. The summed E-state index contributed by atoms with van der Waals surface area (Å²) in [5, 5.41) is 14.5. The third kappa shape index (κ3) is 3.94. The van der Waals surface area contributed by atoms with Crippen molar-refractivity contribution >= 4 is 17.6 Å². The molecule has 0 unspecified atom stereocenters. The predicted octanol–water partition coefficient (Wildman–Crippen LogP) is 1.00. The Bertz CT molecular complexity index is 560. The van der Waals surface area contributed by atoms with Crippen molar-refractivity contribution in [2.24, 2.45) is 0 Å². The number of benzene rings is 1. The topological polar surface area (TPSA) is 81.7 Å². The van der Waals surface area contributed by atoms with Crippen LogP contribution in [0, 0.1) is 5.82 Å². The summed E-state index contributed by atoms with van der Waals surface area (Å²) in [4.78, 5) is 25.4. The van der Waals surface area contributed by atoms with Crippen LogP contribution in [0.15, 0.2) is 24.3 Å². The van der Waals surface area contributed by atoms with Crippen LogP contribution in [0.3, 0.4) is 0 Å². The van der Waals surface area contributed by atoms with Crippen molar-refractivity contribution in [2.75, 3.05) is 18.1 Å². The highest BCUT2D eigenvalue weighted by atomic mass is 19.1. The Balaban J connectivity index is 1.95. The summed E-state index contributed by atoms with van der Waals surface area (Å²) in [6.45, 7) is 3.53. The molecule has 0 aromatic heterocycles. The minimum Gasteiger partial charge on any atom is -0.394 e. The fourth-order valence-electron chi connectivity index (χ4n) is 2.24. The van der Waals surface area contributed by atoms with Crippen LogP contribution in [0.1, 0.15) is 20.3 Å². The Labute approximate surface area is 128 Å². The van der Waals surface area contributed by atoms with Gasteiger partial charge in [-0.3, -0.25) is 4.79 Å². The molecule has 0 aliphatic carbocycles. The second kappa shape index (κ2) is 6.31. The van der Waals surface area contributed by atoms with Crippen molar-refractivity contribution in [1.29, 1.82) is 0 Å². The molecule has 120 valence electrons. The lowest BCUT2D eigenvalue weighted by Crippen LogP contribution is -2.53. The number of amides is 3. The molecule has 1 fully saturated rings. The number of halogens is 1. The molecule has 0 saturated carbocycles. The molecule has 7 heteroatoms. The lowest BCUT2D eigenvalue weighted by molar-refractivity contribution is -0.117. The predicted molar refractivity (Wildman–Crippen MR) is 80.0 cm³/mol. The maximum Gasteiger partial charge on any atom is 0.315 e. The van der Waals surface area contributed by atoms with E-state index in [0.29, 0.717) is 12.2 Å². The Kier molecular flexibility index (Phi) is 4.65. The molecule has 1 heterocycles. The van der Waals surface area contributed by atoms with Gasteiger partial charge in [-0.1, -0.05) is 0 Å². The van der Waals surface area contributed by atoms with Gasteiger partial charge in [0.2, 0.25) is 5.91 Å². The van der Waals surface area contributed by atoms with E-state index in [1.54, 1.807) is 13.8 Å². The number of aliphatic hydroxyl groups excluding tert-OH is 1. The number of carbonyl (C=O) groups is 2. The molecule has 1 aliphatic heterocycles. The zero-order valence-electron chi connectivity index (χ0n) is 12.6. The van der Waals surface area contributed by atoms with Gasteiger partial charge in [-0.25, -0.2) is 9.18 Å². The van der Waals surface area contributed by atoms with Crippen molar-refractivity contribution < 1.29 is 19.1 Å². The summed E-state index contributed by atoms with van der Waals surface area (Å²) < 4.78 is 12.9. The summed E-state index contributed by atoms with van der Waals surface area (Å²) in [6, 6.07) is 4.89. The van der Waals surface area contributed by atoms with Gasteiger partial charge in [0, 0.05) is 18.7 Å². The van der Waals surface area contributed by atoms with E-state index >= 15 is 0 Å². The zero-order chi connectivity index (χ0) is 16.3. The normalized spacial score (nSPS) is 18.5. The molecular weight excluding hydrogens is 289 g/mol. The second-order valence-electron chi connectivity index (χ2n) is 6.02. The van der Waals surface area contributed by atoms with E-state index in [1.165, 1.54) is 29.2 Å². The Morgan fingerprint density at radius 1 is 1.41 bits per heavy atom. The monoisotopic (exact) mass is 309 g/mol. The zero-order valence-corrected chi connectivity index (χ0v) is 12.6. The van der Waals surface area contributed by atoms with Gasteiger partial charge < -0.3 is 20.6 Å². The molecule has 0 radical (unpaired) electrons. The highest BCUT2D eigenvalue weighted by Crippen LogP contribution is 2.21. The molecule has 0 spiro atoms. The maximum absolute atomic E-state index is 12.9. The van der Waals surface area contributed by atoms with E-state index in [0.717, 1.165) is 0 Å². The second-order valence-corrected chi connectivity index (χ2v) is 6.02. The largest absolute Gasteiger partial charge is 0.394 e. The Morgan fingerprint density at radius 2 is 2.05 bits per heavy atom. The Morgan fingerprint density at radius 3 is 2.64 bits per heavy atom. The minimum absolute atomic E-state index is 0.127. The van der Waals surface area contributed by atoms with E-state index in [9.17, 15) is 14.0 Å². The fourth-order valence-corrected chi connectivity index (χ4v) is 2.24. The van der Waals surface area contributed by atoms with Gasteiger partial charge in [-0.15, -0.1) is 0 Å². The van der Waals surface area contributed by atoms with Gasteiger partial charge in [-0.2, -0.15) is 0 Å². The molecule has 1 aromatic carbocycles. The highest BCUT2D eigenvalue weighted by molar-refractivity contribution is 5.96. The number of nitrogens with one attached hydrogen (secondary N) is 2. The van der Waals surface area contributed by atoms with E-state index in [4.69, 9.17) is 5.11 Å². The molecular formula is C15H20FN3O3. The van der Waals surface area contributed by atoms with Crippen molar-refractivity contribution in [3.8, 4) is 0 Å². The van der Waals surface area contributed by atoms with Crippen LogP contribution in [0.5, 0.6) is 0 Å². The van der Waals surface area contributed by atoms with Crippen LogP contribution in [-0.2, 0) is 4.79 Å². The average Bonchev–Trinajstić information content (AvgIpc) is 2.79. The van der Waals surface area contributed by atoms with Crippen LogP contribution in [-0.4, -0.2) is 41.8 Å². The number of urea groups is 1. The first kappa shape index (κ1) is 16.2. The lowest BCUT2D eigenvalue weighted by Gasteiger charge is -2.25. The van der Waals surface area contributed by atoms with Crippen LogP contribution >= 0.6 is 0 Å². The summed E-state index contributed by atoms with van der Waals surface area (Å²) in [6.07, 6.45) is 0.185. The summed E-state index contributed by atoms with van der Waals surface area (Å²) >= 11 is 0. The first-order valence-electron chi connectivity index (χ1n) is 7.06. The molecule has 1 atom stereocenters. The van der Waals surface area contributed by atoms with E-state index < -0.39 is 11.6 Å². The maximum atomic E-state index is 12.9. The molecule has 6 nitrogen and oxygen atoms in total. The van der Waals surface area contributed by atoms with Crippen LogP contribution < -0.4 is 15.5 Å². The third-order valence-electron chi connectivity index (χ3n) is 3.45. The number of anilines is 1. The quantitative estimate of drug-likeness (QED) is 0.776. The smallest absolute Gasteiger partial charge is 0.315 e. The molecule has 1 aliphatic rings. The van der Waals surface area contributed by atoms with Crippen molar-refractivity contribution in [2.45, 2.75) is 31.8 Å². The molecule has 1 aromatic rings. The van der Waals surface area contributed by atoms with E-state index in [1.807, 2.05) is 0 Å². The molecule has 0 bridgehead atoms.